The van der Waals surface area contributed by atoms with Crippen LogP contribution < -0.4 is 10.9 Å². The van der Waals surface area contributed by atoms with Crippen LogP contribution in [0.1, 0.15) is 67.5 Å². The minimum Gasteiger partial charge on any atom is -0.348 e. The molecule has 1 aliphatic heterocycles. The van der Waals surface area contributed by atoms with Crippen molar-refractivity contribution in [2.24, 2.45) is 17.8 Å². The van der Waals surface area contributed by atoms with Crippen molar-refractivity contribution in [3.63, 3.8) is 0 Å². The second-order valence-corrected chi connectivity index (χ2v) is 9.75. The molecule has 1 amide bonds. The first-order valence-corrected chi connectivity index (χ1v) is 10.6. The molecule has 5 fully saturated rings. The van der Waals surface area contributed by atoms with Gasteiger partial charge in [-0.2, -0.15) is 0 Å². The lowest BCUT2D eigenvalue weighted by Gasteiger charge is -2.56. The molecule has 4 bridgehead atoms. The van der Waals surface area contributed by atoms with Crippen molar-refractivity contribution in [3.05, 3.63) is 27.9 Å². The maximum atomic E-state index is 12.7. The zero-order chi connectivity index (χ0) is 18.6. The molecule has 1 saturated heterocycles. The van der Waals surface area contributed by atoms with E-state index in [9.17, 15) is 9.59 Å². The monoisotopic (exact) mass is 370 g/mol. The highest BCUT2D eigenvalue weighted by Gasteiger charge is 2.52. The zero-order valence-electron chi connectivity index (χ0n) is 16.2. The largest absolute Gasteiger partial charge is 0.348 e. The number of carbonyl (C=O) groups excluding carboxylic acids is 1. The van der Waals surface area contributed by atoms with Crippen molar-refractivity contribution in [2.75, 3.05) is 20.1 Å². The molecule has 6 heteroatoms. The first kappa shape index (κ1) is 17.4. The summed E-state index contributed by atoms with van der Waals surface area (Å²) in [6, 6.07) is 0.110. The first-order valence-electron chi connectivity index (χ1n) is 10.6. The fourth-order valence-electron chi connectivity index (χ4n) is 6.77. The topological polar surface area (TPSA) is 78.1 Å². The van der Waals surface area contributed by atoms with Gasteiger partial charge in [0, 0.05) is 24.2 Å². The molecule has 4 saturated carbocycles. The third-order valence-electron chi connectivity index (χ3n) is 7.54. The molecule has 1 aromatic heterocycles. The van der Waals surface area contributed by atoms with Gasteiger partial charge in [-0.3, -0.25) is 9.59 Å². The van der Waals surface area contributed by atoms with Crippen LogP contribution in [0.4, 0.5) is 0 Å². The van der Waals surface area contributed by atoms with E-state index in [0.29, 0.717) is 0 Å². The highest BCUT2D eigenvalue weighted by molar-refractivity contribution is 5.93. The summed E-state index contributed by atoms with van der Waals surface area (Å²) >= 11 is 0. The normalized spacial score (nSPS) is 38.1. The summed E-state index contributed by atoms with van der Waals surface area (Å²) in [5.74, 6) is 2.94. The summed E-state index contributed by atoms with van der Waals surface area (Å²) in [6.45, 7) is 1.90. The van der Waals surface area contributed by atoms with Crippen molar-refractivity contribution in [3.8, 4) is 0 Å². The molecular formula is C21H30N4O2. The van der Waals surface area contributed by atoms with E-state index in [-0.39, 0.29) is 28.5 Å². The molecule has 1 aromatic rings. The smallest absolute Gasteiger partial charge is 0.263 e. The fraction of sp³-hybridized carbons (Fsp3) is 0.762. The number of carbonyl (C=O) groups is 1. The Kier molecular flexibility index (Phi) is 4.15. The summed E-state index contributed by atoms with van der Waals surface area (Å²) in [5.41, 5.74) is -0.0799. The zero-order valence-corrected chi connectivity index (χ0v) is 16.2. The van der Waals surface area contributed by atoms with Gasteiger partial charge in [0.25, 0.3) is 11.5 Å². The number of amides is 1. The predicted molar refractivity (Wildman–Crippen MR) is 103 cm³/mol. The van der Waals surface area contributed by atoms with E-state index < -0.39 is 0 Å². The maximum absolute atomic E-state index is 12.7. The van der Waals surface area contributed by atoms with Crippen LogP contribution in [0.15, 0.2) is 11.0 Å². The number of hydrogen-bond acceptors (Lipinski definition) is 4. The number of rotatable bonds is 3. The number of H-pyrrole nitrogens is 1. The molecule has 2 N–H and O–H groups in total. The molecule has 27 heavy (non-hydrogen) atoms. The average Bonchev–Trinajstić information content (AvgIpc) is 2.60. The second-order valence-electron chi connectivity index (χ2n) is 9.75. The van der Waals surface area contributed by atoms with Gasteiger partial charge in [-0.05, 0) is 82.7 Å². The quantitative estimate of drug-likeness (QED) is 0.854. The minimum absolute atomic E-state index is 0.0506. The Bertz CT molecular complexity index is 766. The minimum atomic E-state index is -0.291. The van der Waals surface area contributed by atoms with Crippen LogP contribution in [0.5, 0.6) is 0 Å². The van der Waals surface area contributed by atoms with E-state index in [1.54, 1.807) is 0 Å². The van der Waals surface area contributed by atoms with Gasteiger partial charge < -0.3 is 15.2 Å². The summed E-state index contributed by atoms with van der Waals surface area (Å²) in [4.78, 5) is 35.2. The summed E-state index contributed by atoms with van der Waals surface area (Å²) in [6.07, 6.45) is 11.1. The third kappa shape index (κ3) is 3.12. The SMILES string of the molecule is CN1CCC[C@@H](NC(=O)c2cnc(C34CC5CC(CC(C5)C3)C4)[nH]c2=O)C1. The molecule has 6 rings (SSSR count). The molecule has 0 spiro atoms. The Morgan fingerprint density at radius 1 is 1.22 bits per heavy atom. The number of likely N-dealkylation sites (N-methyl/N-ethyl adjacent to an activating group) is 1. The molecular weight excluding hydrogens is 340 g/mol. The number of nitrogens with zero attached hydrogens (tertiary/aromatic N) is 2. The van der Waals surface area contributed by atoms with Crippen molar-refractivity contribution in [2.45, 2.75) is 62.8 Å². The van der Waals surface area contributed by atoms with Crippen LogP contribution in [0.2, 0.25) is 0 Å². The Labute approximate surface area is 160 Å². The Hall–Kier alpha value is -1.69. The van der Waals surface area contributed by atoms with E-state index in [0.717, 1.165) is 68.8 Å². The van der Waals surface area contributed by atoms with Crippen LogP contribution in [0.25, 0.3) is 0 Å². The van der Waals surface area contributed by atoms with E-state index in [1.165, 1.54) is 25.5 Å². The molecule has 0 aromatic carbocycles. The van der Waals surface area contributed by atoms with E-state index in [4.69, 9.17) is 0 Å². The summed E-state index contributed by atoms with van der Waals surface area (Å²) in [5, 5.41) is 3.02. The highest BCUT2D eigenvalue weighted by Crippen LogP contribution is 2.59. The molecule has 0 radical (unpaired) electrons. The van der Waals surface area contributed by atoms with Gasteiger partial charge in [0.1, 0.15) is 11.4 Å². The number of likely N-dealkylation sites (tertiary alicyclic amines) is 1. The van der Waals surface area contributed by atoms with E-state index in [2.05, 4.69) is 27.2 Å². The van der Waals surface area contributed by atoms with Gasteiger partial charge >= 0.3 is 0 Å². The number of piperidine rings is 1. The summed E-state index contributed by atoms with van der Waals surface area (Å²) < 4.78 is 0. The van der Waals surface area contributed by atoms with Gasteiger partial charge in [0.05, 0.1) is 0 Å². The maximum Gasteiger partial charge on any atom is 0.263 e. The molecule has 146 valence electrons. The standard InChI is InChI=1S/C21H30N4O2/c1-25-4-2-3-16(12-25)23-18(26)17-11-22-20(24-19(17)27)21-8-13-5-14(9-21)7-15(6-13)10-21/h11,13-16H,2-10,12H2,1H3,(H,23,26)(H,22,24,27)/t13?,14?,15?,16-,21?/m1/s1. The molecule has 6 nitrogen and oxygen atoms in total. The van der Waals surface area contributed by atoms with Crippen molar-refractivity contribution < 1.29 is 4.79 Å². The number of hydrogen-bond donors (Lipinski definition) is 2. The van der Waals surface area contributed by atoms with Crippen LogP contribution >= 0.6 is 0 Å². The lowest BCUT2D eigenvalue weighted by Crippen LogP contribution is -2.50. The van der Waals surface area contributed by atoms with Crippen molar-refractivity contribution in [1.29, 1.82) is 0 Å². The number of aromatic nitrogens is 2. The van der Waals surface area contributed by atoms with Crippen LogP contribution in [0, 0.1) is 17.8 Å². The van der Waals surface area contributed by atoms with Crippen LogP contribution in [-0.4, -0.2) is 47.0 Å². The number of aromatic amines is 1. The second kappa shape index (κ2) is 6.43. The molecule has 4 aliphatic carbocycles. The predicted octanol–water partition coefficient (Wildman–Crippen LogP) is 2.06. The first-order chi connectivity index (χ1) is 13.0. The Balaban J connectivity index is 1.35. The van der Waals surface area contributed by atoms with Crippen LogP contribution in [0.3, 0.4) is 0 Å². The lowest BCUT2D eigenvalue weighted by atomic mass is 9.49. The van der Waals surface area contributed by atoms with Gasteiger partial charge in [-0.25, -0.2) is 4.98 Å². The average molecular weight is 370 g/mol. The van der Waals surface area contributed by atoms with Gasteiger partial charge in [0.15, 0.2) is 0 Å². The molecule has 1 atom stereocenters. The fourth-order valence-corrected chi connectivity index (χ4v) is 6.77. The van der Waals surface area contributed by atoms with E-state index >= 15 is 0 Å². The van der Waals surface area contributed by atoms with Gasteiger partial charge in [0.2, 0.25) is 0 Å². The molecule has 5 aliphatic rings. The number of nitrogens with one attached hydrogen (secondary N) is 2. The third-order valence-corrected chi connectivity index (χ3v) is 7.54. The highest BCUT2D eigenvalue weighted by atomic mass is 16.2. The van der Waals surface area contributed by atoms with Gasteiger partial charge in [-0.1, -0.05) is 0 Å². The van der Waals surface area contributed by atoms with Crippen LogP contribution in [-0.2, 0) is 5.41 Å². The van der Waals surface area contributed by atoms with Crippen molar-refractivity contribution in [1.82, 2.24) is 20.2 Å². The Morgan fingerprint density at radius 2 is 1.89 bits per heavy atom. The van der Waals surface area contributed by atoms with Gasteiger partial charge in [-0.15, -0.1) is 0 Å². The van der Waals surface area contributed by atoms with E-state index in [1.807, 2.05) is 0 Å². The van der Waals surface area contributed by atoms with Crippen molar-refractivity contribution >= 4 is 5.91 Å². The molecule has 2 heterocycles. The lowest BCUT2D eigenvalue weighted by molar-refractivity contribution is -0.00954. The summed E-state index contributed by atoms with van der Waals surface area (Å²) in [7, 11) is 2.06. The molecule has 0 unspecified atom stereocenters. The Morgan fingerprint density at radius 3 is 2.48 bits per heavy atom.